The summed E-state index contributed by atoms with van der Waals surface area (Å²) < 4.78 is 0. The molecule has 3 heteroatoms. The SMILES string of the molecule is Cc1ccc(C)c(C(=O)N2CC3CNCC3C2(C)C)c1. The maximum Gasteiger partial charge on any atom is 0.254 e. The molecule has 1 aromatic rings. The molecule has 0 aromatic heterocycles. The first kappa shape index (κ1) is 13.6. The van der Waals surface area contributed by atoms with Crippen molar-refractivity contribution in [2.75, 3.05) is 19.6 Å². The summed E-state index contributed by atoms with van der Waals surface area (Å²) >= 11 is 0. The predicted octanol–water partition coefficient (Wildman–Crippen LogP) is 2.37. The summed E-state index contributed by atoms with van der Waals surface area (Å²) in [5, 5.41) is 3.46. The van der Waals surface area contributed by atoms with Crippen LogP contribution in [0.3, 0.4) is 0 Å². The lowest BCUT2D eigenvalue weighted by Gasteiger charge is -2.36. The minimum absolute atomic E-state index is 0.0541. The first-order chi connectivity index (χ1) is 9.41. The zero-order valence-electron chi connectivity index (χ0n) is 12.9. The minimum Gasteiger partial charge on any atom is -0.333 e. The number of aryl methyl sites for hydroxylation is 2. The number of hydrogen-bond donors (Lipinski definition) is 1. The first-order valence-electron chi connectivity index (χ1n) is 7.51. The van der Waals surface area contributed by atoms with Crippen LogP contribution >= 0.6 is 0 Å². The second-order valence-electron chi connectivity index (χ2n) is 6.91. The predicted molar refractivity (Wildman–Crippen MR) is 80.9 cm³/mol. The summed E-state index contributed by atoms with van der Waals surface area (Å²) in [5.74, 6) is 1.39. The molecule has 2 heterocycles. The molecule has 108 valence electrons. The van der Waals surface area contributed by atoms with Gasteiger partial charge in [0.1, 0.15) is 0 Å². The molecule has 2 unspecified atom stereocenters. The summed E-state index contributed by atoms with van der Waals surface area (Å²) in [5.41, 5.74) is 3.04. The van der Waals surface area contributed by atoms with E-state index in [1.54, 1.807) is 0 Å². The number of rotatable bonds is 1. The first-order valence-corrected chi connectivity index (χ1v) is 7.51. The van der Waals surface area contributed by atoms with Crippen LogP contribution < -0.4 is 5.32 Å². The van der Waals surface area contributed by atoms with E-state index in [0.717, 1.165) is 36.3 Å². The van der Waals surface area contributed by atoms with Gasteiger partial charge in [-0.1, -0.05) is 17.7 Å². The van der Waals surface area contributed by atoms with Gasteiger partial charge in [-0.15, -0.1) is 0 Å². The van der Waals surface area contributed by atoms with Crippen LogP contribution in [0.1, 0.15) is 35.3 Å². The second-order valence-corrected chi connectivity index (χ2v) is 6.91. The van der Waals surface area contributed by atoms with Crippen molar-refractivity contribution in [3.05, 3.63) is 34.9 Å². The van der Waals surface area contributed by atoms with Crippen molar-refractivity contribution in [2.24, 2.45) is 11.8 Å². The molecule has 2 aliphatic rings. The van der Waals surface area contributed by atoms with Crippen molar-refractivity contribution in [3.8, 4) is 0 Å². The number of nitrogens with one attached hydrogen (secondary N) is 1. The maximum atomic E-state index is 13.0. The number of hydrogen-bond acceptors (Lipinski definition) is 2. The van der Waals surface area contributed by atoms with E-state index in [1.165, 1.54) is 0 Å². The van der Waals surface area contributed by atoms with Crippen LogP contribution in [0.5, 0.6) is 0 Å². The lowest BCUT2D eigenvalue weighted by Crippen LogP contribution is -2.47. The summed E-state index contributed by atoms with van der Waals surface area (Å²) in [6, 6.07) is 6.15. The highest BCUT2D eigenvalue weighted by molar-refractivity contribution is 5.96. The van der Waals surface area contributed by atoms with Gasteiger partial charge < -0.3 is 10.2 Å². The molecule has 2 fully saturated rings. The Balaban J connectivity index is 1.93. The third-order valence-electron chi connectivity index (χ3n) is 5.23. The third kappa shape index (κ3) is 1.96. The largest absolute Gasteiger partial charge is 0.333 e. The molecule has 0 bridgehead atoms. The minimum atomic E-state index is -0.0541. The van der Waals surface area contributed by atoms with Crippen LogP contribution in [0.15, 0.2) is 18.2 Å². The van der Waals surface area contributed by atoms with Crippen LogP contribution in [0, 0.1) is 25.7 Å². The number of amides is 1. The Hall–Kier alpha value is -1.35. The highest BCUT2D eigenvalue weighted by atomic mass is 16.2. The topological polar surface area (TPSA) is 32.3 Å². The van der Waals surface area contributed by atoms with Crippen molar-refractivity contribution in [3.63, 3.8) is 0 Å². The zero-order chi connectivity index (χ0) is 14.5. The third-order valence-corrected chi connectivity index (χ3v) is 5.23. The van der Waals surface area contributed by atoms with Crippen molar-refractivity contribution < 1.29 is 4.79 Å². The Morgan fingerprint density at radius 2 is 2.05 bits per heavy atom. The molecule has 1 aromatic carbocycles. The Morgan fingerprint density at radius 3 is 2.75 bits per heavy atom. The molecule has 2 saturated heterocycles. The summed E-state index contributed by atoms with van der Waals surface area (Å²) in [6.45, 7) is 11.5. The van der Waals surface area contributed by atoms with E-state index < -0.39 is 0 Å². The van der Waals surface area contributed by atoms with Crippen LogP contribution in [0.4, 0.5) is 0 Å². The highest BCUT2D eigenvalue weighted by Gasteiger charge is 2.51. The van der Waals surface area contributed by atoms with Crippen LogP contribution in [0.2, 0.25) is 0 Å². The van der Waals surface area contributed by atoms with Crippen molar-refractivity contribution in [1.82, 2.24) is 10.2 Å². The van der Waals surface area contributed by atoms with E-state index in [-0.39, 0.29) is 11.4 Å². The molecule has 0 saturated carbocycles. The van der Waals surface area contributed by atoms with Gasteiger partial charge >= 0.3 is 0 Å². The van der Waals surface area contributed by atoms with E-state index in [4.69, 9.17) is 0 Å². The average Bonchev–Trinajstić information content (AvgIpc) is 2.94. The Kier molecular flexibility index (Phi) is 3.13. The molecular weight excluding hydrogens is 248 g/mol. The van der Waals surface area contributed by atoms with Gasteiger partial charge in [0.15, 0.2) is 0 Å². The fourth-order valence-corrected chi connectivity index (χ4v) is 3.88. The van der Waals surface area contributed by atoms with Crippen LogP contribution in [-0.4, -0.2) is 36.0 Å². The number of carbonyl (C=O) groups is 1. The van der Waals surface area contributed by atoms with Crippen LogP contribution in [0.25, 0.3) is 0 Å². The Morgan fingerprint density at radius 1 is 1.30 bits per heavy atom. The van der Waals surface area contributed by atoms with Crippen molar-refractivity contribution >= 4 is 5.91 Å². The van der Waals surface area contributed by atoms with Crippen LogP contribution in [-0.2, 0) is 0 Å². The summed E-state index contributed by atoms with van der Waals surface area (Å²) in [7, 11) is 0. The standard InChI is InChI=1S/C17H24N2O/c1-11-5-6-12(2)14(7-11)16(20)19-10-13-8-18-9-15(13)17(19,3)4/h5-7,13,15,18H,8-10H2,1-4H3. The second kappa shape index (κ2) is 4.59. The van der Waals surface area contributed by atoms with Gasteiger partial charge in [-0.2, -0.15) is 0 Å². The smallest absolute Gasteiger partial charge is 0.254 e. The van der Waals surface area contributed by atoms with Gasteiger partial charge in [-0.25, -0.2) is 0 Å². The van der Waals surface area contributed by atoms with Crippen molar-refractivity contribution in [2.45, 2.75) is 33.2 Å². The number of fused-ring (bicyclic) bond motifs is 1. The summed E-state index contributed by atoms with van der Waals surface area (Å²) in [6.07, 6.45) is 0. The average molecular weight is 272 g/mol. The number of carbonyl (C=O) groups excluding carboxylic acids is 1. The number of likely N-dealkylation sites (tertiary alicyclic amines) is 1. The van der Waals surface area contributed by atoms with Crippen molar-refractivity contribution in [1.29, 1.82) is 0 Å². The normalized spacial score (nSPS) is 27.7. The van der Waals surface area contributed by atoms with Gasteiger partial charge in [-0.3, -0.25) is 4.79 Å². The molecule has 0 radical (unpaired) electrons. The maximum absolute atomic E-state index is 13.0. The molecule has 1 N–H and O–H groups in total. The molecular formula is C17H24N2O. The lowest BCUT2D eigenvalue weighted by molar-refractivity contribution is 0.0602. The monoisotopic (exact) mass is 272 g/mol. The van der Waals surface area contributed by atoms with Gasteiger partial charge in [0.25, 0.3) is 5.91 Å². The van der Waals surface area contributed by atoms with Gasteiger partial charge in [0.05, 0.1) is 0 Å². The van der Waals surface area contributed by atoms with E-state index in [0.29, 0.717) is 11.8 Å². The molecule has 2 atom stereocenters. The van der Waals surface area contributed by atoms with E-state index in [1.807, 2.05) is 26.0 Å². The quantitative estimate of drug-likeness (QED) is 0.851. The molecule has 1 amide bonds. The molecule has 0 aliphatic carbocycles. The van der Waals surface area contributed by atoms with E-state index >= 15 is 0 Å². The number of benzene rings is 1. The molecule has 3 nitrogen and oxygen atoms in total. The Labute approximate surface area is 121 Å². The fraction of sp³-hybridized carbons (Fsp3) is 0.588. The molecule has 3 rings (SSSR count). The summed E-state index contributed by atoms with van der Waals surface area (Å²) in [4.78, 5) is 15.1. The molecule has 20 heavy (non-hydrogen) atoms. The zero-order valence-corrected chi connectivity index (χ0v) is 12.9. The Bertz CT molecular complexity index is 550. The van der Waals surface area contributed by atoms with Gasteiger partial charge in [-0.05, 0) is 51.2 Å². The lowest BCUT2D eigenvalue weighted by atomic mass is 9.84. The molecule has 2 aliphatic heterocycles. The molecule has 0 spiro atoms. The van der Waals surface area contributed by atoms with Gasteiger partial charge in [0.2, 0.25) is 0 Å². The van der Waals surface area contributed by atoms with E-state index in [9.17, 15) is 4.79 Å². The van der Waals surface area contributed by atoms with E-state index in [2.05, 4.69) is 30.1 Å². The fourth-order valence-electron chi connectivity index (χ4n) is 3.88. The van der Waals surface area contributed by atoms with Gasteiger partial charge in [0, 0.05) is 30.7 Å². The number of nitrogens with zero attached hydrogens (tertiary/aromatic N) is 1. The highest BCUT2D eigenvalue weighted by Crippen LogP contribution is 2.41.